The van der Waals surface area contributed by atoms with E-state index in [1.807, 2.05) is 0 Å². The fourth-order valence-electron chi connectivity index (χ4n) is 2.41. The average Bonchev–Trinajstić information content (AvgIpc) is 2.89. The van der Waals surface area contributed by atoms with Crippen molar-refractivity contribution in [3.63, 3.8) is 0 Å². The number of halogens is 1. The Kier molecular flexibility index (Phi) is 5.13. The molecule has 1 aliphatic heterocycles. The van der Waals surface area contributed by atoms with Gasteiger partial charge in [-0.25, -0.2) is 0 Å². The van der Waals surface area contributed by atoms with Crippen LogP contribution in [0.2, 0.25) is 5.02 Å². The van der Waals surface area contributed by atoms with Crippen molar-refractivity contribution in [3.8, 4) is 11.5 Å². The van der Waals surface area contributed by atoms with Crippen LogP contribution >= 0.6 is 11.6 Å². The molecule has 120 valence electrons. The lowest BCUT2D eigenvalue weighted by atomic mass is 10.1. The Bertz CT molecular complexity index is 590. The highest BCUT2D eigenvalue weighted by atomic mass is 35.5. The summed E-state index contributed by atoms with van der Waals surface area (Å²) in [5.74, 6) is -0.119. The molecule has 0 unspecified atom stereocenters. The molecule has 1 fully saturated rings. The van der Waals surface area contributed by atoms with Crippen molar-refractivity contribution in [2.45, 2.75) is 13.3 Å². The summed E-state index contributed by atoms with van der Waals surface area (Å²) < 4.78 is 15.4. The average molecular weight is 328 g/mol. The standard InChI is InChI=1S/C15H18ClNO5/c1-4-22-15(19)9-5-14(18)17(8-9)11-7-12(20-2)10(16)6-13(11)21-3/h6-7,9H,4-5,8H2,1-3H3/t9-/m0/s1. The predicted molar refractivity (Wildman–Crippen MR) is 81.6 cm³/mol. The molecule has 1 aliphatic rings. The molecule has 0 aromatic heterocycles. The smallest absolute Gasteiger partial charge is 0.311 e. The number of nitrogens with zero attached hydrogens (tertiary/aromatic N) is 1. The second kappa shape index (κ2) is 6.87. The molecule has 0 aliphatic carbocycles. The molecule has 2 rings (SSSR count). The van der Waals surface area contributed by atoms with Crippen LogP contribution in [0.1, 0.15) is 13.3 Å². The number of hydrogen-bond acceptors (Lipinski definition) is 5. The number of amides is 1. The molecule has 1 saturated heterocycles. The number of carbonyl (C=O) groups is 2. The van der Waals surface area contributed by atoms with E-state index in [0.29, 0.717) is 28.8 Å². The number of benzene rings is 1. The molecule has 1 atom stereocenters. The van der Waals surface area contributed by atoms with Gasteiger partial charge in [-0.2, -0.15) is 0 Å². The molecule has 6 nitrogen and oxygen atoms in total. The summed E-state index contributed by atoms with van der Waals surface area (Å²) in [5, 5.41) is 0.386. The van der Waals surface area contributed by atoms with Gasteiger partial charge in [0.15, 0.2) is 0 Å². The predicted octanol–water partition coefficient (Wildman–Crippen LogP) is 2.27. The molecule has 0 N–H and O–H groups in total. The molecule has 0 spiro atoms. The summed E-state index contributed by atoms with van der Waals surface area (Å²) in [7, 11) is 2.98. The highest BCUT2D eigenvalue weighted by molar-refractivity contribution is 6.32. The van der Waals surface area contributed by atoms with Crippen LogP contribution < -0.4 is 14.4 Å². The van der Waals surface area contributed by atoms with Crippen LogP contribution in [-0.4, -0.2) is 39.2 Å². The molecule has 22 heavy (non-hydrogen) atoms. The van der Waals surface area contributed by atoms with Gasteiger partial charge in [0.2, 0.25) is 5.91 Å². The van der Waals surface area contributed by atoms with E-state index < -0.39 is 5.92 Å². The van der Waals surface area contributed by atoms with Gasteiger partial charge >= 0.3 is 5.97 Å². The Morgan fingerprint density at radius 1 is 1.32 bits per heavy atom. The van der Waals surface area contributed by atoms with Gasteiger partial charge in [-0.1, -0.05) is 11.6 Å². The first-order valence-corrected chi connectivity index (χ1v) is 7.28. The monoisotopic (exact) mass is 327 g/mol. The number of ether oxygens (including phenoxy) is 3. The first-order valence-electron chi connectivity index (χ1n) is 6.90. The second-order valence-corrected chi connectivity index (χ2v) is 5.22. The van der Waals surface area contributed by atoms with Crippen molar-refractivity contribution in [2.24, 2.45) is 5.92 Å². The molecule has 7 heteroatoms. The SMILES string of the molecule is CCOC(=O)[C@H]1CC(=O)N(c2cc(OC)c(Cl)cc2OC)C1. The normalized spacial score (nSPS) is 17.5. The van der Waals surface area contributed by atoms with E-state index in [1.54, 1.807) is 19.1 Å². The largest absolute Gasteiger partial charge is 0.495 e. The van der Waals surface area contributed by atoms with Gasteiger partial charge in [0.25, 0.3) is 0 Å². The summed E-state index contributed by atoms with van der Waals surface area (Å²) in [6.45, 7) is 2.28. The Balaban J connectivity index is 2.31. The third-order valence-electron chi connectivity index (χ3n) is 3.49. The lowest BCUT2D eigenvalue weighted by Gasteiger charge is -2.20. The molecule has 1 heterocycles. The van der Waals surface area contributed by atoms with Crippen molar-refractivity contribution in [2.75, 3.05) is 32.3 Å². The van der Waals surface area contributed by atoms with Gasteiger partial charge in [-0.05, 0) is 6.92 Å². The van der Waals surface area contributed by atoms with Crippen LogP contribution in [0.5, 0.6) is 11.5 Å². The zero-order chi connectivity index (χ0) is 16.3. The first kappa shape index (κ1) is 16.4. The summed E-state index contributed by atoms with van der Waals surface area (Å²) in [4.78, 5) is 25.6. The van der Waals surface area contributed by atoms with E-state index in [2.05, 4.69) is 0 Å². The number of esters is 1. The van der Waals surface area contributed by atoms with Gasteiger partial charge in [0.05, 0.1) is 37.5 Å². The van der Waals surface area contributed by atoms with Crippen molar-refractivity contribution in [1.82, 2.24) is 0 Å². The molecule has 1 aromatic carbocycles. The van der Waals surface area contributed by atoms with E-state index in [0.717, 1.165) is 0 Å². The van der Waals surface area contributed by atoms with E-state index >= 15 is 0 Å². The van der Waals surface area contributed by atoms with Gasteiger partial charge in [-0.15, -0.1) is 0 Å². The minimum Gasteiger partial charge on any atom is -0.495 e. The van der Waals surface area contributed by atoms with Crippen molar-refractivity contribution >= 4 is 29.2 Å². The van der Waals surface area contributed by atoms with Crippen LogP contribution in [-0.2, 0) is 14.3 Å². The molecule has 1 amide bonds. The van der Waals surface area contributed by atoms with Crippen LogP contribution in [0.25, 0.3) is 0 Å². The quantitative estimate of drug-likeness (QED) is 0.776. The first-order chi connectivity index (χ1) is 10.5. The third kappa shape index (κ3) is 3.11. The maximum atomic E-state index is 12.2. The minimum atomic E-state index is -0.473. The summed E-state index contributed by atoms with van der Waals surface area (Å²) in [5.41, 5.74) is 0.528. The van der Waals surface area contributed by atoms with E-state index in [-0.39, 0.29) is 24.8 Å². The Morgan fingerprint density at radius 3 is 2.59 bits per heavy atom. The number of methoxy groups -OCH3 is 2. The highest BCUT2D eigenvalue weighted by Crippen LogP contribution is 2.40. The molecule has 0 radical (unpaired) electrons. The lowest BCUT2D eigenvalue weighted by molar-refractivity contribution is -0.147. The van der Waals surface area contributed by atoms with Crippen LogP contribution in [0.4, 0.5) is 5.69 Å². The van der Waals surface area contributed by atoms with E-state index in [9.17, 15) is 9.59 Å². The maximum Gasteiger partial charge on any atom is 0.311 e. The van der Waals surface area contributed by atoms with Crippen molar-refractivity contribution in [3.05, 3.63) is 17.2 Å². The zero-order valence-corrected chi connectivity index (χ0v) is 13.5. The van der Waals surface area contributed by atoms with Gasteiger partial charge in [0.1, 0.15) is 11.5 Å². The van der Waals surface area contributed by atoms with Gasteiger partial charge in [0, 0.05) is 25.1 Å². The Morgan fingerprint density at radius 2 is 2.00 bits per heavy atom. The van der Waals surface area contributed by atoms with Crippen molar-refractivity contribution in [1.29, 1.82) is 0 Å². The van der Waals surface area contributed by atoms with Crippen molar-refractivity contribution < 1.29 is 23.8 Å². The molecular formula is C15H18ClNO5. The number of rotatable bonds is 5. The number of carbonyl (C=O) groups excluding carboxylic acids is 2. The molecule has 0 bridgehead atoms. The molecular weight excluding hydrogens is 310 g/mol. The summed E-state index contributed by atoms with van der Waals surface area (Å²) in [6.07, 6.45) is 0.118. The maximum absolute atomic E-state index is 12.2. The summed E-state index contributed by atoms with van der Waals surface area (Å²) >= 11 is 6.06. The highest BCUT2D eigenvalue weighted by Gasteiger charge is 2.37. The molecule has 0 saturated carbocycles. The van der Waals surface area contributed by atoms with Crippen LogP contribution in [0, 0.1) is 5.92 Å². The lowest BCUT2D eigenvalue weighted by Crippen LogP contribution is -2.27. The Hall–Kier alpha value is -1.95. The van der Waals surface area contributed by atoms with Crippen LogP contribution in [0.3, 0.4) is 0 Å². The summed E-state index contributed by atoms with van der Waals surface area (Å²) in [6, 6.07) is 3.22. The fourth-order valence-corrected chi connectivity index (χ4v) is 2.64. The number of hydrogen-bond donors (Lipinski definition) is 0. The minimum absolute atomic E-state index is 0.118. The van der Waals surface area contributed by atoms with Gasteiger partial charge < -0.3 is 19.1 Å². The van der Waals surface area contributed by atoms with Gasteiger partial charge in [-0.3, -0.25) is 9.59 Å². The second-order valence-electron chi connectivity index (χ2n) is 4.82. The fraction of sp³-hybridized carbons (Fsp3) is 0.467. The topological polar surface area (TPSA) is 65.1 Å². The third-order valence-corrected chi connectivity index (χ3v) is 3.78. The Labute approximate surface area is 133 Å². The van der Waals surface area contributed by atoms with E-state index in [4.69, 9.17) is 25.8 Å². The molecule has 1 aromatic rings. The van der Waals surface area contributed by atoms with E-state index in [1.165, 1.54) is 19.1 Å². The number of anilines is 1. The zero-order valence-electron chi connectivity index (χ0n) is 12.7. The van der Waals surface area contributed by atoms with Crippen LogP contribution in [0.15, 0.2) is 12.1 Å².